The molecule has 3 aromatic carbocycles. The molecule has 200 valence electrons. The van der Waals surface area contributed by atoms with Crippen LogP contribution >= 0.6 is 11.6 Å². The number of nitrogens with zero attached hydrogens (tertiary/aromatic N) is 2. The van der Waals surface area contributed by atoms with Crippen LogP contribution in [0.1, 0.15) is 24.5 Å². The number of ether oxygens (including phenoxy) is 3. The molecule has 0 radical (unpaired) electrons. The first kappa shape index (κ1) is 27.3. The molecule has 0 aliphatic rings. The van der Waals surface area contributed by atoms with Gasteiger partial charge in [0.25, 0.3) is 10.0 Å². The predicted molar refractivity (Wildman–Crippen MR) is 149 cm³/mol. The highest BCUT2D eigenvalue weighted by molar-refractivity contribution is 7.92. The van der Waals surface area contributed by atoms with Gasteiger partial charge in [-0.2, -0.15) is 0 Å². The average Bonchev–Trinajstić information content (AvgIpc) is 2.92. The number of halogens is 1. The minimum Gasteiger partial charge on any atom is -0.497 e. The Balaban J connectivity index is 1.76. The Morgan fingerprint density at radius 2 is 1.71 bits per heavy atom. The lowest BCUT2D eigenvalue weighted by molar-refractivity contribution is 0.412. The van der Waals surface area contributed by atoms with Gasteiger partial charge >= 0.3 is 0 Å². The number of aryl methyl sites for hydroxylation is 1. The fraction of sp³-hybridized carbons (Fsp3) is 0.259. The monoisotopic (exact) mass is 556 g/mol. The van der Waals surface area contributed by atoms with Crippen molar-refractivity contribution in [3.63, 3.8) is 0 Å². The van der Waals surface area contributed by atoms with Crippen molar-refractivity contribution in [2.75, 3.05) is 31.4 Å². The Hall–Kier alpha value is -3.76. The predicted octanol–water partition coefficient (Wildman–Crippen LogP) is 5.67. The molecule has 1 heterocycles. The van der Waals surface area contributed by atoms with Crippen molar-refractivity contribution in [1.82, 2.24) is 9.97 Å². The normalized spacial score (nSPS) is 11.3. The molecule has 2 N–H and O–H groups in total. The summed E-state index contributed by atoms with van der Waals surface area (Å²) in [5.74, 6) is 2.12. The van der Waals surface area contributed by atoms with Gasteiger partial charge in [0.1, 0.15) is 29.4 Å². The number of benzene rings is 3. The van der Waals surface area contributed by atoms with Crippen molar-refractivity contribution in [2.45, 2.75) is 31.2 Å². The van der Waals surface area contributed by atoms with Crippen LogP contribution in [0.2, 0.25) is 5.02 Å². The van der Waals surface area contributed by atoms with Crippen LogP contribution in [0.5, 0.6) is 17.2 Å². The van der Waals surface area contributed by atoms with Crippen LogP contribution < -0.4 is 24.2 Å². The summed E-state index contributed by atoms with van der Waals surface area (Å²) in [5, 5.41) is 4.49. The van der Waals surface area contributed by atoms with E-state index in [2.05, 4.69) is 20.0 Å². The summed E-state index contributed by atoms with van der Waals surface area (Å²) >= 11 is 6.28. The van der Waals surface area contributed by atoms with E-state index in [4.69, 9.17) is 25.8 Å². The summed E-state index contributed by atoms with van der Waals surface area (Å²) in [6.45, 7) is 2.46. The molecule has 4 aromatic rings. The molecule has 0 spiro atoms. The van der Waals surface area contributed by atoms with E-state index in [-0.39, 0.29) is 4.90 Å². The highest BCUT2D eigenvalue weighted by atomic mass is 35.5. The molecule has 0 aliphatic heterocycles. The number of nitrogens with one attached hydrogen (secondary N) is 2. The first-order valence-corrected chi connectivity index (χ1v) is 13.7. The maximum absolute atomic E-state index is 13.3. The van der Waals surface area contributed by atoms with E-state index in [1.165, 1.54) is 32.7 Å². The third kappa shape index (κ3) is 5.71. The first-order valence-electron chi connectivity index (χ1n) is 11.9. The lowest BCUT2D eigenvalue weighted by Gasteiger charge is -2.19. The van der Waals surface area contributed by atoms with Gasteiger partial charge in [0.2, 0.25) is 0 Å². The van der Waals surface area contributed by atoms with Gasteiger partial charge in [-0.25, -0.2) is 18.4 Å². The van der Waals surface area contributed by atoms with Crippen LogP contribution in [0.15, 0.2) is 59.8 Å². The SMILES string of the molecule is CCCc1c(OC)c(NS(=O)(=O)c2ccc(OC)cc2)cc2c(NCc3ccc(OC)c(Cl)c3)ncnc12. The number of rotatable bonds is 11. The summed E-state index contributed by atoms with van der Waals surface area (Å²) in [6.07, 6.45) is 2.91. The summed E-state index contributed by atoms with van der Waals surface area (Å²) < 4.78 is 45.3. The molecule has 38 heavy (non-hydrogen) atoms. The van der Waals surface area contributed by atoms with E-state index in [1.54, 1.807) is 31.4 Å². The van der Waals surface area contributed by atoms with E-state index in [0.717, 1.165) is 17.5 Å². The second kappa shape index (κ2) is 11.7. The van der Waals surface area contributed by atoms with E-state index in [1.807, 2.05) is 19.1 Å². The van der Waals surface area contributed by atoms with Crippen molar-refractivity contribution >= 4 is 44.0 Å². The number of methoxy groups -OCH3 is 3. The zero-order valence-electron chi connectivity index (χ0n) is 21.5. The van der Waals surface area contributed by atoms with Gasteiger partial charge in [-0.15, -0.1) is 0 Å². The molecule has 4 rings (SSSR count). The van der Waals surface area contributed by atoms with Crippen LogP contribution in [0.25, 0.3) is 10.9 Å². The second-order valence-electron chi connectivity index (χ2n) is 8.41. The number of aromatic nitrogens is 2. The summed E-state index contributed by atoms with van der Waals surface area (Å²) in [6, 6.07) is 13.4. The van der Waals surface area contributed by atoms with Gasteiger partial charge in [-0.05, 0) is 54.4 Å². The van der Waals surface area contributed by atoms with Gasteiger partial charge in [0.15, 0.2) is 0 Å². The van der Waals surface area contributed by atoms with E-state index in [0.29, 0.717) is 57.6 Å². The van der Waals surface area contributed by atoms with E-state index >= 15 is 0 Å². The largest absolute Gasteiger partial charge is 0.497 e. The van der Waals surface area contributed by atoms with Crippen LogP contribution in [-0.2, 0) is 23.0 Å². The lowest BCUT2D eigenvalue weighted by Crippen LogP contribution is -2.15. The Bertz CT molecular complexity index is 1550. The molecule has 0 bridgehead atoms. The molecule has 0 atom stereocenters. The minimum absolute atomic E-state index is 0.0940. The minimum atomic E-state index is -3.92. The smallest absolute Gasteiger partial charge is 0.262 e. The molecule has 1 aromatic heterocycles. The lowest BCUT2D eigenvalue weighted by atomic mass is 10.0. The Kier molecular flexibility index (Phi) is 8.43. The highest BCUT2D eigenvalue weighted by Crippen LogP contribution is 2.39. The van der Waals surface area contributed by atoms with Gasteiger partial charge in [-0.3, -0.25) is 4.72 Å². The quantitative estimate of drug-likeness (QED) is 0.243. The van der Waals surface area contributed by atoms with E-state index in [9.17, 15) is 8.42 Å². The molecule has 0 saturated carbocycles. The maximum Gasteiger partial charge on any atom is 0.262 e. The molecule has 0 saturated heterocycles. The summed E-state index contributed by atoms with van der Waals surface area (Å²) in [5.41, 5.74) is 2.69. The van der Waals surface area contributed by atoms with Crippen molar-refractivity contribution in [1.29, 1.82) is 0 Å². The third-order valence-electron chi connectivity index (χ3n) is 5.97. The Morgan fingerprint density at radius 1 is 0.947 bits per heavy atom. The number of hydrogen-bond acceptors (Lipinski definition) is 8. The first-order chi connectivity index (χ1) is 18.3. The van der Waals surface area contributed by atoms with Gasteiger partial charge in [0, 0.05) is 17.5 Å². The van der Waals surface area contributed by atoms with Gasteiger partial charge in [0.05, 0.1) is 42.5 Å². The Labute approximate surface area is 227 Å². The van der Waals surface area contributed by atoms with Gasteiger partial charge in [-0.1, -0.05) is 31.0 Å². The number of fused-ring (bicyclic) bond motifs is 1. The molecule has 0 fully saturated rings. The van der Waals surface area contributed by atoms with E-state index < -0.39 is 10.0 Å². The molecular formula is C27H29ClN4O5S. The maximum atomic E-state index is 13.3. The highest BCUT2D eigenvalue weighted by Gasteiger charge is 2.22. The zero-order chi connectivity index (χ0) is 27.3. The van der Waals surface area contributed by atoms with Crippen LogP contribution in [0.3, 0.4) is 0 Å². The summed E-state index contributed by atoms with van der Waals surface area (Å²) in [7, 11) is 0.675. The van der Waals surface area contributed by atoms with Crippen molar-refractivity contribution in [2.24, 2.45) is 0 Å². The zero-order valence-corrected chi connectivity index (χ0v) is 23.1. The fourth-order valence-electron chi connectivity index (χ4n) is 4.15. The number of hydrogen-bond donors (Lipinski definition) is 2. The van der Waals surface area contributed by atoms with Crippen LogP contribution in [0.4, 0.5) is 11.5 Å². The molecular weight excluding hydrogens is 528 g/mol. The van der Waals surface area contributed by atoms with Gasteiger partial charge < -0.3 is 19.5 Å². The van der Waals surface area contributed by atoms with Crippen molar-refractivity contribution in [3.05, 3.63) is 71.0 Å². The summed E-state index contributed by atoms with van der Waals surface area (Å²) in [4.78, 5) is 9.05. The molecule has 11 heteroatoms. The number of anilines is 2. The standard InChI is InChI=1S/C27H29ClN4O5S/c1-5-6-20-25-21(27(31-16-30-25)29-15-17-7-12-24(36-3)22(28)13-17)14-23(26(20)37-4)32-38(33,34)19-10-8-18(35-2)9-11-19/h7-14,16,32H,5-6,15H2,1-4H3,(H,29,30,31). The average molecular weight is 557 g/mol. The van der Waals surface area contributed by atoms with Crippen molar-refractivity contribution < 1.29 is 22.6 Å². The fourth-order valence-corrected chi connectivity index (χ4v) is 5.48. The molecule has 9 nitrogen and oxygen atoms in total. The topological polar surface area (TPSA) is 112 Å². The number of sulfonamides is 1. The molecule has 0 amide bonds. The Morgan fingerprint density at radius 3 is 2.34 bits per heavy atom. The molecule has 0 aliphatic carbocycles. The second-order valence-corrected chi connectivity index (χ2v) is 10.5. The third-order valence-corrected chi connectivity index (χ3v) is 7.65. The van der Waals surface area contributed by atoms with Crippen LogP contribution in [-0.4, -0.2) is 39.7 Å². The van der Waals surface area contributed by atoms with Crippen LogP contribution in [0, 0.1) is 0 Å². The van der Waals surface area contributed by atoms with Crippen molar-refractivity contribution in [3.8, 4) is 17.2 Å². The molecule has 0 unspecified atom stereocenters.